The number of ether oxygens (including phenoxy) is 1. The standard InChI is InChI=1S/C24H23ClN4O4/c1-28(2)9-4-10-32-19-13-26-23(27-14-19)18-6-3-5-16(11-18)15-29-20-12-17(22(25)30)7-8-21(20)33-24(29)31/h3,5-8,11-14H,4,9-10,15H2,1-2H3. The van der Waals surface area contributed by atoms with Gasteiger partial charge in [-0.25, -0.2) is 14.8 Å². The van der Waals surface area contributed by atoms with E-state index in [1.165, 1.54) is 10.6 Å². The Hall–Kier alpha value is -3.49. The van der Waals surface area contributed by atoms with E-state index in [1.807, 2.05) is 38.4 Å². The number of rotatable bonds is 9. The summed E-state index contributed by atoms with van der Waals surface area (Å²) in [6.45, 7) is 1.80. The predicted octanol–water partition coefficient (Wildman–Crippen LogP) is 3.81. The van der Waals surface area contributed by atoms with Crippen LogP contribution in [0.4, 0.5) is 0 Å². The molecular formula is C24H23ClN4O4. The minimum atomic E-state index is -0.596. The maximum absolute atomic E-state index is 12.4. The molecule has 0 spiro atoms. The molecule has 0 aliphatic heterocycles. The zero-order chi connectivity index (χ0) is 23.4. The van der Waals surface area contributed by atoms with Gasteiger partial charge in [0.05, 0.1) is 31.1 Å². The normalized spacial score (nSPS) is 11.3. The molecule has 0 aliphatic rings. The van der Waals surface area contributed by atoms with Crippen LogP contribution in [0, 0.1) is 0 Å². The van der Waals surface area contributed by atoms with Crippen LogP contribution >= 0.6 is 11.6 Å². The number of nitrogens with zero attached hydrogens (tertiary/aromatic N) is 4. The molecule has 4 rings (SSSR count). The highest BCUT2D eigenvalue weighted by atomic mass is 35.5. The second kappa shape index (κ2) is 9.97. The summed E-state index contributed by atoms with van der Waals surface area (Å²) in [5.41, 5.74) is 2.85. The van der Waals surface area contributed by atoms with Crippen LogP contribution in [0.2, 0.25) is 0 Å². The smallest absolute Gasteiger partial charge is 0.420 e. The SMILES string of the molecule is CN(C)CCCOc1cnc(-c2cccc(Cn3c(=O)oc4ccc(C(=O)Cl)cc43)c2)nc1. The Morgan fingerprint density at radius 3 is 2.67 bits per heavy atom. The summed E-state index contributed by atoms with van der Waals surface area (Å²) in [6.07, 6.45) is 4.23. The van der Waals surface area contributed by atoms with E-state index in [1.54, 1.807) is 24.5 Å². The van der Waals surface area contributed by atoms with Gasteiger partial charge in [0.25, 0.3) is 5.24 Å². The molecule has 2 heterocycles. The molecule has 0 saturated heterocycles. The van der Waals surface area contributed by atoms with E-state index >= 15 is 0 Å². The van der Waals surface area contributed by atoms with Crippen molar-refractivity contribution in [3.05, 3.63) is 76.5 Å². The Kier molecular flexibility index (Phi) is 6.86. The van der Waals surface area contributed by atoms with Crippen LogP contribution in [0.25, 0.3) is 22.5 Å². The number of carbonyl (C=O) groups excluding carboxylic acids is 1. The van der Waals surface area contributed by atoms with E-state index in [2.05, 4.69) is 14.9 Å². The summed E-state index contributed by atoms with van der Waals surface area (Å²) in [6, 6.07) is 12.2. The molecular weight excluding hydrogens is 444 g/mol. The zero-order valence-electron chi connectivity index (χ0n) is 18.3. The van der Waals surface area contributed by atoms with Crippen LogP contribution in [0.1, 0.15) is 22.3 Å². The minimum Gasteiger partial charge on any atom is -0.490 e. The minimum absolute atomic E-state index is 0.257. The molecule has 9 heteroatoms. The summed E-state index contributed by atoms with van der Waals surface area (Å²) in [5.74, 6) is 0.660. The van der Waals surface area contributed by atoms with Crippen LogP contribution in [0.5, 0.6) is 5.75 Å². The van der Waals surface area contributed by atoms with Gasteiger partial charge in [-0.05, 0) is 61.9 Å². The van der Waals surface area contributed by atoms with Crippen molar-refractivity contribution < 1.29 is 13.9 Å². The molecule has 33 heavy (non-hydrogen) atoms. The average molecular weight is 467 g/mol. The highest BCUT2D eigenvalue weighted by Gasteiger charge is 2.13. The fraction of sp³-hybridized carbons (Fsp3) is 0.250. The van der Waals surface area contributed by atoms with Gasteiger partial charge in [-0.2, -0.15) is 0 Å². The predicted molar refractivity (Wildman–Crippen MR) is 126 cm³/mol. The zero-order valence-corrected chi connectivity index (χ0v) is 19.1. The van der Waals surface area contributed by atoms with Crippen molar-refractivity contribution in [2.75, 3.05) is 27.2 Å². The van der Waals surface area contributed by atoms with Crippen molar-refractivity contribution in [2.45, 2.75) is 13.0 Å². The Morgan fingerprint density at radius 1 is 1.15 bits per heavy atom. The highest BCUT2D eigenvalue weighted by molar-refractivity contribution is 6.67. The molecule has 2 aromatic carbocycles. The molecule has 170 valence electrons. The lowest BCUT2D eigenvalue weighted by Crippen LogP contribution is -2.15. The molecule has 0 fully saturated rings. The van der Waals surface area contributed by atoms with Gasteiger partial charge in [0.1, 0.15) is 0 Å². The van der Waals surface area contributed by atoms with Crippen molar-refractivity contribution in [2.24, 2.45) is 0 Å². The van der Waals surface area contributed by atoms with Gasteiger partial charge in [-0.3, -0.25) is 9.36 Å². The first-order valence-electron chi connectivity index (χ1n) is 10.4. The Labute approximate surface area is 195 Å². The Balaban J connectivity index is 1.52. The van der Waals surface area contributed by atoms with Crippen molar-refractivity contribution in [1.82, 2.24) is 19.4 Å². The van der Waals surface area contributed by atoms with Gasteiger partial charge in [0.2, 0.25) is 0 Å². The molecule has 0 N–H and O–H groups in total. The van der Waals surface area contributed by atoms with E-state index in [0.717, 1.165) is 24.1 Å². The maximum atomic E-state index is 12.4. The average Bonchev–Trinajstić information content (AvgIpc) is 3.11. The highest BCUT2D eigenvalue weighted by Crippen LogP contribution is 2.21. The third-order valence-electron chi connectivity index (χ3n) is 5.07. The molecule has 0 saturated carbocycles. The van der Waals surface area contributed by atoms with E-state index in [9.17, 15) is 9.59 Å². The van der Waals surface area contributed by atoms with E-state index < -0.39 is 11.0 Å². The molecule has 4 aromatic rings. The number of carbonyl (C=O) groups is 1. The molecule has 0 atom stereocenters. The Morgan fingerprint density at radius 2 is 1.94 bits per heavy atom. The van der Waals surface area contributed by atoms with Crippen molar-refractivity contribution >= 4 is 27.9 Å². The topological polar surface area (TPSA) is 90.5 Å². The van der Waals surface area contributed by atoms with Gasteiger partial charge < -0.3 is 14.1 Å². The molecule has 0 bridgehead atoms. The summed E-state index contributed by atoms with van der Waals surface area (Å²) in [7, 11) is 4.05. The lowest BCUT2D eigenvalue weighted by molar-refractivity contribution is 0.108. The van der Waals surface area contributed by atoms with Gasteiger partial charge in [-0.1, -0.05) is 18.2 Å². The van der Waals surface area contributed by atoms with Crippen molar-refractivity contribution in [1.29, 1.82) is 0 Å². The van der Waals surface area contributed by atoms with Crippen LogP contribution in [0.15, 0.2) is 64.1 Å². The summed E-state index contributed by atoms with van der Waals surface area (Å²) in [4.78, 5) is 34.8. The Bertz CT molecular complexity index is 1330. The number of halogens is 1. The number of hydrogen-bond acceptors (Lipinski definition) is 7. The van der Waals surface area contributed by atoms with Crippen LogP contribution in [-0.2, 0) is 6.54 Å². The first-order valence-corrected chi connectivity index (χ1v) is 10.8. The van der Waals surface area contributed by atoms with E-state index in [-0.39, 0.29) is 6.54 Å². The number of fused-ring (bicyclic) bond motifs is 1. The lowest BCUT2D eigenvalue weighted by atomic mass is 10.1. The third kappa shape index (κ3) is 5.47. The van der Waals surface area contributed by atoms with Crippen LogP contribution in [-0.4, -0.2) is 51.9 Å². The van der Waals surface area contributed by atoms with Gasteiger partial charge in [0.15, 0.2) is 17.2 Å². The molecule has 0 radical (unpaired) electrons. The maximum Gasteiger partial charge on any atom is 0.420 e. The van der Waals surface area contributed by atoms with E-state index in [0.29, 0.717) is 34.8 Å². The monoisotopic (exact) mass is 466 g/mol. The lowest BCUT2D eigenvalue weighted by Gasteiger charge is -2.10. The molecule has 0 aliphatic carbocycles. The van der Waals surface area contributed by atoms with Gasteiger partial charge in [0, 0.05) is 17.7 Å². The van der Waals surface area contributed by atoms with E-state index in [4.69, 9.17) is 20.8 Å². The van der Waals surface area contributed by atoms with Gasteiger partial charge in [-0.15, -0.1) is 0 Å². The summed E-state index contributed by atoms with van der Waals surface area (Å²) in [5, 5.41) is -0.596. The number of oxazole rings is 1. The van der Waals surface area contributed by atoms with Crippen LogP contribution < -0.4 is 10.5 Å². The second-order valence-electron chi connectivity index (χ2n) is 7.86. The first-order chi connectivity index (χ1) is 15.9. The molecule has 8 nitrogen and oxygen atoms in total. The molecule has 0 unspecified atom stereocenters. The van der Waals surface area contributed by atoms with Gasteiger partial charge >= 0.3 is 5.76 Å². The fourth-order valence-corrected chi connectivity index (χ4v) is 3.55. The van der Waals surface area contributed by atoms with Crippen molar-refractivity contribution in [3.63, 3.8) is 0 Å². The van der Waals surface area contributed by atoms with Crippen LogP contribution in [0.3, 0.4) is 0 Å². The number of aromatic nitrogens is 3. The fourth-order valence-electron chi connectivity index (χ4n) is 3.44. The molecule has 0 amide bonds. The van der Waals surface area contributed by atoms with Crippen molar-refractivity contribution in [3.8, 4) is 17.1 Å². The number of benzene rings is 2. The summed E-state index contributed by atoms with van der Waals surface area (Å²) >= 11 is 5.59. The summed E-state index contributed by atoms with van der Waals surface area (Å²) < 4.78 is 12.4. The second-order valence-corrected chi connectivity index (χ2v) is 8.20. The number of hydrogen-bond donors (Lipinski definition) is 0. The first kappa shape index (κ1) is 22.7. The largest absolute Gasteiger partial charge is 0.490 e. The molecule has 2 aromatic heterocycles. The third-order valence-corrected chi connectivity index (χ3v) is 5.28. The quantitative estimate of drug-likeness (QED) is 0.273.